The monoisotopic (exact) mass is 234 g/mol. The van der Waals surface area contributed by atoms with Crippen molar-refractivity contribution in [2.75, 3.05) is 14.2 Å². The van der Waals surface area contributed by atoms with Crippen molar-refractivity contribution in [2.45, 2.75) is 25.7 Å². The van der Waals surface area contributed by atoms with Crippen molar-refractivity contribution in [1.29, 1.82) is 0 Å². The van der Waals surface area contributed by atoms with Gasteiger partial charge in [0.15, 0.2) is 0 Å². The number of hydrogen-bond acceptors (Lipinski definition) is 3. The van der Waals surface area contributed by atoms with Crippen molar-refractivity contribution < 1.29 is 14.3 Å². The number of hydrogen-bond donors (Lipinski definition) is 0. The lowest BCUT2D eigenvalue weighted by Crippen LogP contribution is -2.03. The van der Waals surface area contributed by atoms with Crippen molar-refractivity contribution in [1.82, 2.24) is 0 Å². The summed E-state index contributed by atoms with van der Waals surface area (Å²) in [4.78, 5) is 11.7. The van der Waals surface area contributed by atoms with Crippen LogP contribution in [-0.2, 0) is 11.2 Å². The first-order valence-electron chi connectivity index (χ1n) is 5.98. The summed E-state index contributed by atoms with van der Waals surface area (Å²) in [6.07, 6.45) is 3.49. The van der Waals surface area contributed by atoms with Gasteiger partial charge in [0, 0.05) is 12.3 Å². The van der Waals surface area contributed by atoms with E-state index >= 15 is 0 Å². The molecule has 0 heterocycles. The normalized spacial score (nSPS) is 14.5. The van der Waals surface area contributed by atoms with Crippen LogP contribution < -0.4 is 9.47 Å². The van der Waals surface area contributed by atoms with Crippen LogP contribution in [0.1, 0.15) is 24.8 Å². The Kier molecular flexibility index (Phi) is 3.67. The number of Topliss-reactive ketones (excluding diaryl/α,β-unsaturated/α-hetero) is 1. The first-order valence-corrected chi connectivity index (χ1v) is 5.98. The number of ether oxygens (including phenoxy) is 2. The molecule has 0 saturated heterocycles. The third kappa shape index (κ3) is 2.99. The van der Waals surface area contributed by atoms with E-state index in [1.54, 1.807) is 14.2 Å². The van der Waals surface area contributed by atoms with Crippen LogP contribution in [0.2, 0.25) is 0 Å². The van der Waals surface area contributed by atoms with E-state index in [1.807, 2.05) is 18.2 Å². The van der Waals surface area contributed by atoms with E-state index in [9.17, 15) is 4.79 Å². The highest BCUT2D eigenvalue weighted by Gasteiger charge is 2.28. The summed E-state index contributed by atoms with van der Waals surface area (Å²) >= 11 is 0. The standard InChI is InChI=1S/C14H18O3/c1-16-12-6-8-14(17-2)11(9-12)5-7-13(15)10-3-4-10/h6,8-10H,3-5,7H2,1-2H3. The van der Waals surface area contributed by atoms with Gasteiger partial charge in [0.05, 0.1) is 14.2 Å². The first-order chi connectivity index (χ1) is 8.24. The van der Waals surface area contributed by atoms with Crippen LogP contribution in [-0.4, -0.2) is 20.0 Å². The molecule has 3 nitrogen and oxygen atoms in total. The van der Waals surface area contributed by atoms with Crippen LogP contribution in [0.15, 0.2) is 18.2 Å². The minimum Gasteiger partial charge on any atom is -0.497 e. The largest absolute Gasteiger partial charge is 0.497 e. The maximum absolute atomic E-state index is 11.7. The average molecular weight is 234 g/mol. The fraction of sp³-hybridized carbons (Fsp3) is 0.500. The van der Waals surface area contributed by atoms with E-state index in [1.165, 1.54) is 0 Å². The Morgan fingerprint density at radius 2 is 2.06 bits per heavy atom. The van der Waals surface area contributed by atoms with E-state index in [2.05, 4.69) is 0 Å². The lowest BCUT2D eigenvalue weighted by molar-refractivity contribution is -0.120. The molecule has 3 heteroatoms. The molecule has 1 aromatic carbocycles. The molecular formula is C14H18O3. The Bertz CT molecular complexity index is 408. The summed E-state index contributed by atoms with van der Waals surface area (Å²) < 4.78 is 10.5. The molecule has 0 unspecified atom stereocenters. The quantitative estimate of drug-likeness (QED) is 0.759. The molecule has 0 aliphatic heterocycles. The molecule has 1 aliphatic carbocycles. The second-order valence-electron chi connectivity index (χ2n) is 4.42. The zero-order chi connectivity index (χ0) is 12.3. The summed E-state index contributed by atoms with van der Waals surface area (Å²) in [7, 11) is 3.29. The van der Waals surface area contributed by atoms with Crippen LogP contribution in [0.3, 0.4) is 0 Å². The molecule has 0 N–H and O–H groups in total. The lowest BCUT2D eigenvalue weighted by atomic mass is 10.0. The Hall–Kier alpha value is -1.51. The number of benzene rings is 1. The molecule has 0 amide bonds. The molecule has 1 aliphatic rings. The predicted molar refractivity (Wildman–Crippen MR) is 65.6 cm³/mol. The summed E-state index contributed by atoms with van der Waals surface area (Å²) in [5.41, 5.74) is 1.04. The van der Waals surface area contributed by atoms with Crippen molar-refractivity contribution >= 4 is 5.78 Å². The molecule has 0 bridgehead atoms. The van der Waals surface area contributed by atoms with Gasteiger partial charge in [-0.25, -0.2) is 0 Å². The summed E-state index contributed by atoms with van der Waals surface area (Å²) in [5, 5.41) is 0. The Morgan fingerprint density at radius 1 is 1.29 bits per heavy atom. The molecule has 92 valence electrons. The summed E-state index contributed by atoms with van der Waals surface area (Å²) in [6.45, 7) is 0. The lowest BCUT2D eigenvalue weighted by Gasteiger charge is -2.09. The fourth-order valence-corrected chi connectivity index (χ4v) is 1.94. The average Bonchev–Trinajstić information content (AvgIpc) is 3.19. The van der Waals surface area contributed by atoms with Gasteiger partial charge in [-0.2, -0.15) is 0 Å². The van der Waals surface area contributed by atoms with E-state index in [0.717, 1.165) is 36.3 Å². The molecule has 0 atom stereocenters. The van der Waals surface area contributed by atoms with Gasteiger partial charge >= 0.3 is 0 Å². The second-order valence-corrected chi connectivity index (χ2v) is 4.42. The van der Waals surface area contributed by atoms with Gasteiger partial charge < -0.3 is 9.47 Å². The molecular weight excluding hydrogens is 216 g/mol. The first kappa shape index (κ1) is 12.0. The predicted octanol–water partition coefficient (Wildman–Crippen LogP) is 2.62. The molecule has 1 aromatic rings. The zero-order valence-corrected chi connectivity index (χ0v) is 10.4. The van der Waals surface area contributed by atoms with Crippen molar-refractivity contribution in [2.24, 2.45) is 5.92 Å². The third-order valence-electron chi connectivity index (χ3n) is 3.16. The smallest absolute Gasteiger partial charge is 0.136 e. The molecule has 0 radical (unpaired) electrons. The number of rotatable bonds is 6. The van der Waals surface area contributed by atoms with Crippen molar-refractivity contribution in [3.63, 3.8) is 0 Å². The molecule has 0 spiro atoms. The highest BCUT2D eigenvalue weighted by atomic mass is 16.5. The number of methoxy groups -OCH3 is 2. The topological polar surface area (TPSA) is 35.5 Å². The fourth-order valence-electron chi connectivity index (χ4n) is 1.94. The van der Waals surface area contributed by atoms with Crippen LogP contribution in [0, 0.1) is 5.92 Å². The number of aryl methyl sites for hydroxylation is 1. The Morgan fingerprint density at radius 3 is 2.65 bits per heavy atom. The molecule has 2 rings (SSSR count). The van der Waals surface area contributed by atoms with Gasteiger partial charge in [0.2, 0.25) is 0 Å². The third-order valence-corrected chi connectivity index (χ3v) is 3.16. The second kappa shape index (κ2) is 5.21. The van der Waals surface area contributed by atoms with E-state index < -0.39 is 0 Å². The maximum Gasteiger partial charge on any atom is 0.136 e. The zero-order valence-electron chi connectivity index (χ0n) is 10.4. The Balaban J connectivity index is 2.03. The van der Waals surface area contributed by atoms with E-state index in [4.69, 9.17) is 9.47 Å². The number of ketones is 1. The minimum absolute atomic E-state index is 0.339. The van der Waals surface area contributed by atoms with E-state index in [-0.39, 0.29) is 0 Å². The van der Waals surface area contributed by atoms with Gasteiger partial charge in [-0.15, -0.1) is 0 Å². The van der Waals surface area contributed by atoms with Gasteiger partial charge in [-0.1, -0.05) is 0 Å². The van der Waals surface area contributed by atoms with Crippen molar-refractivity contribution in [3.05, 3.63) is 23.8 Å². The van der Waals surface area contributed by atoms with Crippen LogP contribution in [0.4, 0.5) is 0 Å². The van der Waals surface area contributed by atoms with Gasteiger partial charge in [-0.3, -0.25) is 4.79 Å². The van der Waals surface area contributed by atoms with Gasteiger partial charge in [-0.05, 0) is 43.0 Å². The highest BCUT2D eigenvalue weighted by Crippen LogP contribution is 2.32. The van der Waals surface area contributed by atoms with Gasteiger partial charge in [0.1, 0.15) is 17.3 Å². The number of carbonyl (C=O) groups excluding carboxylic acids is 1. The van der Waals surface area contributed by atoms with Crippen LogP contribution >= 0.6 is 0 Å². The summed E-state index contributed by atoms with van der Waals surface area (Å²) in [5.74, 6) is 2.36. The molecule has 0 aromatic heterocycles. The number of carbonyl (C=O) groups is 1. The Labute approximate surface area is 102 Å². The van der Waals surface area contributed by atoms with Crippen LogP contribution in [0.5, 0.6) is 11.5 Å². The molecule has 17 heavy (non-hydrogen) atoms. The molecule has 1 saturated carbocycles. The summed E-state index contributed by atoms with van der Waals surface area (Å²) in [6, 6.07) is 5.69. The van der Waals surface area contributed by atoms with Gasteiger partial charge in [0.25, 0.3) is 0 Å². The SMILES string of the molecule is COc1ccc(OC)c(CCC(=O)C2CC2)c1. The minimum atomic E-state index is 0.339. The highest BCUT2D eigenvalue weighted by molar-refractivity contribution is 5.83. The van der Waals surface area contributed by atoms with Crippen molar-refractivity contribution in [3.8, 4) is 11.5 Å². The maximum atomic E-state index is 11.7. The molecule has 1 fully saturated rings. The van der Waals surface area contributed by atoms with Crippen LogP contribution in [0.25, 0.3) is 0 Å². The van der Waals surface area contributed by atoms with E-state index in [0.29, 0.717) is 18.1 Å².